The van der Waals surface area contributed by atoms with Crippen LogP contribution in [0.2, 0.25) is 0 Å². The van der Waals surface area contributed by atoms with Crippen molar-refractivity contribution >= 4 is 11.5 Å². The average Bonchev–Trinajstić information content (AvgIpc) is 2.41. The third-order valence-corrected chi connectivity index (χ3v) is 2.69. The van der Waals surface area contributed by atoms with Crippen LogP contribution in [0.15, 0.2) is 24.5 Å². The van der Waals surface area contributed by atoms with Crippen molar-refractivity contribution in [1.82, 2.24) is 9.97 Å². The van der Waals surface area contributed by atoms with Crippen LogP contribution in [0, 0.1) is 24.0 Å². The van der Waals surface area contributed by atoms with E-state index in [4.69, 9.17) is 10.6 Å². The summed E-state index contributed by atoms with van der Waals surface area (Å²) in [7, 11) is 0. The first kappa shape index (κ1) is 13.7. The molecule has 0 unspecified atom stereocenters. The van der Waals surface area contributed by atoms with Crippen molar-refractivity contribution < 1.29 is 9.66 Å². The normalized spacial score (nSPS) is 10.2. The van der Waals surface area contributed by atoms with E-state index in [1.54, 1.807) is 19.1 Å². The van der Waals surface area contributed by atoms with Gasteiger partial charge >= 0.3 is 5.69 Å². The molecule has 0 saturated carbocycles. The van der Waals surface area contributed by atoms with Crippen molar-refractivity contribution in [3.05, 3.63) is 45.8 Å². The summed E-state index contributed by atoms with van der Waals surface area (Å²) in [6, 6.07) is 4.61. The second kappa shape index (κ2) is 5.49. The fraction of sp³-hybridized carbons (Fsp3) is 0.167. The number of nitrogens with one attached hydrogen (secondary N) is 1. The molecule has 8 nitrogen and oxygen atoms in total. The summed E-state index contributed by atoms with van der Waals surface area (Å²) >= 11 is 0. The lowest BCUT2D eigenvalue weighted by Gasteiger charge is -2.10. The first-order chi connectivity index (χ1) is 9.52. The molecule has 0 fully saturated rings. The van der Waals surface area contributed by atoms with Crippen molar-refractivity contribution in [1.29, 1.82) is 0 Å². The number of hydrogen-bond donors (Lipinski definition) is 2. The number of aryl methyl sites for hydroxylation is 1. The van der Waals surface area contributed by atoms with Crippen LogP contribution in [0.5, 0.6) is 11.6 Å². The minimum Gasteiger partial charge on any atom is -0.431 e. The lowest BCUT2D eigenvalue weighted by molar-refractivity contribution is -0.385. The third kappa shape index (κ3) is 2.64. The predicted molar refractivity (Wildman–Crippen MR) is 72.5 cm³/mol. The number of nitrogens with zero attached hydrogens (tertiary/aromatic N) is 3. The van der Waals surface area contributed by atoms with Gasteiger partial charge in [0.25, 0.3) is 0 Å². The second-order valence-electron chi connectivity index (χ2n) is 4.13. The van der Waals surface area contributed by atoms with E-state index in [-0.39, 0.29) is 17.3 Å². The summed E-state index contributed by atoms with van der Waals surface area (Å²) in [5, 5.41) is 11.0. The number of nitro benzene ring substituents is 1. The van der Waals surface area contributed by atoms with Gasteiger partial charge in [0.05, 0.1) is 10.5 Å². The molecule has 2 rings (SSSR count). The summed E-state index contributed by atoms with van der Waals surface area (Å²) in [4.78, 5) is 18.4. The lowest BCUT2D eigenvalue weighted by atomic mass is 10.2. The fourth-order valence-corrected chi connectivity index (χ4v) is 1.64. The van der Waals surface area contributed by atoms with Crippen LogP contribution < -0.4 is 16.0 Å². The number of nitrogens with two attached hydrogens (primary N) is 1. The van der Waals surface area contributed by atoms with Crippen molar-refractivity contribution in [3.8, 4) is 11.6 Å². The van der Waals surface area contributed by atoms with Gasteiger partial charge in [0.15, 0.2) is 0 Å². The quantitative estimate of drug-likeness (QED) is 0.498. The molecule has 2 aromatic rings. The molecule has 3 N–H and O–H groups in total. The molecule has 0 amide bonds. The fourth-order valence-electron chi connectivity index (χ4n) is 1.64. The monoisotopic (exact) mass is 275 g/mol. The Morgan fingerprint density at radius 1 is 1.35 bits per heavy atom. The number of benzene rings is 1. The van der Waals surface area contributed by atoms with Crippen LogP contribution in [0.4, 0.5) is 11.5 Å². The summed E-state index contributed by atoms with van der Waals surface area (Å²) < 4.78 is 5.54. The van der Waals surface area contributed by atoms with Gasteiger partial charge in [0.1, 0.15) is 12.1 Å². The van der Waals surface area contributed by atoms with Gasteiger partial charge in [-0.2, -0.15) is 0 Å². The molecule has 0 aliphatic rings. The van der Waals surface area contributed by atoms with Gasteiger partial charge in [-0.05, 0) is 25.5 Å². The summed E-state index contributed by atoms with van der Waals surface area (Å²) in [6.45, 7) is 3.52. The van der Waals surface area contributed by atoms with Gasteiger partial charge in [-0.25, -0.2) is 15.8 Å². The number of nitro groups is 1. The molecule has 8 heteroatoms. The van der Waals surface area contributed by atoms with Crippen LogP contribution >= 0.6 is 0 Å². The highest BCUT2D eigenvalue weighted by Gasteiger charge is 2.18. The minimum absolute atomic E-state index is 0.125. The highest BCUT2D eigenvalue weighted by molar-refractivity contribution is 5.52. The molecule has 0 aliphatic heterocycles. The Morgan fingerprint density at radius 2 is 2.10 bits per heavy atom. The predicted octanol–water partition coefficient (Wildman–Crippen LogP) is 2.08. The third-order valence-electron chi connectivity index (χ3n) is 2.69. The van der Waals surface area contributed by atoms with E-state index in [2.05, 4.69) is 15.4 Å². The zero-order chi connectivity index (χ0) is 14.7. The maximum atomic E-state index is 11.0. The topological polar surface area (TPSA) is 116 Å². The van der Waals surface area contributed by atoms with E-state index in [0.29, 0.717) is 11.4 Å². The number of anilines is 1. The number of aromatic nitrogens is 2. The molecule has 1 heterocycles. The van der Waals surface area contributed by atoms with Crippen LogP contribution in [0.1, 0.15) is 11.1 Å². The van der Waals surface area contributed by atoms with Gasteiger partial charge in [-0.1, -0.05) is 6.07 Å². The van der Waals surface area contributed by atoms with Gasteiger partial charge in [0.2, 0.25) is 11.6 Å². The molecule has 0 radical (unpaired) electrons. The Morgan fingerprint density at radius 3 is 2.75 bits per heavy atom. The summed E-state index contributed by atoms with van der Waals surface area (Å²) in [5.74, 6) is 6.04. The van der Waals surface area contributed by atoms with Crippen molar-refractivity contribution in [2.45, 2.75) is 13.8 Å². The van der Waals surface area contributed by atoms with Crippen LogP contribution in [0.3, 0.4) is 0 Å². The summed E-state index contributed by atoms with van der Waals surface area (Å²) in [6.07, 6.45) is 1.26. The zero-order valence-electron chi connectivity index (χ0n) is 11.0. The number of hydrazine groups is 1. The molecule has 0 spiro atoms. The van der Waals surface area contributed by atoms with Crippen LogP contribution in [-0.4, -0.2) is 14.9 Å². The molecule has 0 saturated heterocycles. The Labute approximate surface area is 114 Å². The zero-order valence-corrected chi connectivity index (χ0v) is 11.0. The SMILES string of the molecule is Cc1ccc([N+](=O)[O-])c(Oc2ncnc(NN)c2C)c1. The first-order valence-corrected chi connectivity index (χ1v) is 5.74. The van der Waals surface area contributed by atoms with Gasteiger partial charge in [-0.15, -0.1) is 0 Å². The standard InChI is InChI=1S/C12H13N5O3/c1-7-3-4-9(17(18)19)10(5-7)20-12-8(2)11(16-13)14-6-15-12/h3-6H,13H2,1-2H3,(H,14,15,16). The summed E-state index contributed by atoms with van der Waals surface area (Å²) in [5.41, 5.74) is 3.68. The van der Waals surface area contributed by atoms with Crippen LogP contribution in [0.25, 0.3) is 0 Å². The van der Waals surface area contributed by atoms with E-state index in [1.807, 2.05) is 6.92 Å². The molecular formula is C12H13N5O3. The Hall–Kier alpha value is -2.74. The Kier molecular flexibility index (Phi) is 3.76. The van der Waals surface area contributed by atoms with E-state index < -0.39 is 4.92 Å². The van der Waals surface area contributed by atoms with E-state index >= 15 is 0 Å². The van der Waals surface area contributed by atoms with E-state index in [1.165, 1.54) is 12.4 Å². The highest BCUT2D eigenvalue weighted by Crippen LogP contribution is 2.33. The number of ether oxygens (including phenoxy) is 1. The van der Waals surface area contributed by atoms with Gasteiger partial charge < -0.3 is 10.2 Å². The largest absolute Gasteiger partial charge is 0.431 e. The smallest absolute Gasteiger partial charge is 0.311 e. The number of rotatable bonds is 4. The molecule has 0 atom stereocenters. The van der Waals surface area contributed by atoms with Crippen LogP contribution in [-0.2, 0) is 0 Å². The molecule has 0 bridgehead atoms. The number of hydrogen-bond acceptors (Lipinski definition) is 7. The molecule has 20 heavy (non-hydrogen) atoms. The molecule has 0 aliphatic carbocycles. The number of nitrogen functional groups attached to an aromatic ring is 1. The second-order valence-corrected chi connectivity index (χ2v) is 4.13. The Bertz CT molecular complexity index is 660. The van der Waals surface area contributed by atoms with E-state index in [9.17, 15) is 10.1 Å². The van der Waals surface area contributed by atoms with Gasteiger partial charge in [-0.3, -0.25) is 10.1 Å². The highest BCUT2D eigenvalue weighted by atomic mass is 16.6. The van der Waals surface area contributed by atoms with E-state index in [0.717, 1.165) is 5.56 Å². The van der Waals surface area contributed by atoms with Gasteiger partial charge in [0, 0.05) is 6.07 Å². The molecule has 1 aromatic carbocycles. The Balaban J connectivity index is 2.44. The van der Waals surface area contributed by atoms with Crippen molar-refractivity contribution in [3.63, 3.8) is 0 Å². The molecular weight excluding hydrogens is 262 g/mol. The molecule has 104 valence electrons. The average molecular weight is 275 g/mol. The maximum absolute atomic E-state index is 11.0. The lowest BCUT2D eigenvalue weighted by Crippen LogP contribution is -2.11. The maximum Gasteiger partial charge on any atom is 0.311 e. The minimum atomic E-state index is -0.507. The molecule has 1 aromatic heterocycles. The van der Waals surface area contributed by atoms with Crippen molar-refractivity contribution in [2.24, 2.45) is 5.84 Å². The first-order valence-electron chi connectivity index (χ1n) is 5.74. The van der Waals surface area contributed by atoms with Crippen molar-refractivity contribution in [2.75, 3.05) is 5.43 Å².